The van der Waals surface area contributed by atoms with Crippen molar-refractivity contribution in [2.24, 2.45) is 5.92 Å². The van der Waals surface area contributed by atoms with Gasteiger partial charge in [0.25, 0.3) is 0 Å². The largest absolute Gasteiger partial charge is 0.493 e. The molecule has 0 heterocycles. The lowest BCUT2D eigenvalue weighted by Crippen LogP contribution is -2.22. The molecule has 0 radical (unpaired) electrons. The molecule has 0 saturated heterocycles. The van der Waals surface area contributed by atoms with Gasteiger partial charge in [-0.3, -0.25) is 0 Å². The van der Waals surface area contributed by atoms with Crippen LogP contribution in [0.5, 0.6) is 5.75 Å². The Kier molecular flexibility index (Phi) is 4.81. The van der Waals surface area contributed by atoms with E-state index in [-0.39, 0.29) is 0 Å². The van der Waals surface area contributed by atoms with Gasteiger partial charge < -0.3 is 10.1 Å². The summed E-state index contributed by atoms with van der Waals surface area (Å²) in [6.07, 6.45) is 0. The van der Waals surface area contributed by atoms with Crippen molar-refractivity contribution in [1.29, 1.82) is 0 Å². The molecular formula is C14H23NO. The molecule has 2 nitrogen and oxygen atoms in total. The number of ether oxygens (including phenoxy) is 1. The number of nitrogens with one attached hydrogen (secondary N) is 1. The molecule has 0 aliphatic heterocycles. The maximum Gasteiger partial charge on any atom is 0.125 e. The van der Waals surface area contributed by atoms with Crippen molar-refractivity contribution < 1.29 is 4.74 Å². The van der Waals surface area contributed by atoms with Gasteiger partial charge in [0.15, 0.2) is 0 Å². The zero-order valence-electron chi connectivity index (χ0n) is 11.1. The first-order chi connectivity index (χ1) is 7.54. The van der Waals surface area contributed by atoms with Crippen LogP contribution in [-0.2, 0) is 0 Å². The van der Waals surface area contributed by atoms with E-state index in [0.29, 0.717) is 5.92 Å². The quantitative estimate of drug-likeness (QED) is 0.825. The fourth-order valence-electron chi connectivity index (χ4n) is 2.03. The Morgan fingerprint density at radius 3 is 2.25 bits per heavy atom. The second-order valence-corrected chi connectivity index (χ2v) is 4.70. The molecule has 1 N–H and O–H groups in total. The Hall–Kier alpha value is -1.02. The van der Waals surface area contributed by atoms with Crippen LogP contribution in [0.1, 0.15) is 23.6 Å². The van der Waals surface area contributed by atoms with Crippen molar-refractivity contribution >= 4 is 0 Å². The van der Waals surface area contributed by atoms with Gasteiger partial charge >= 0.3 is 0 Å². The van der Waals surface area contributed by atoms with Gasteiger partial charge in [-0.05, 0) is 38.9 Å². The van der Waals surface area contributed by atoms with Crippen LogP contribution in [0.2, 0.25) is 0 Å². The van der Waals surface area contributed by atoms with E-state index in [1.165, 1.54) is 16.7 Å². The highest BCUT2D eigenvalue weighted by Gasteiger charge is 2.07. The topological polar surface area (TPSA) is 21.3 Å². The van der Waals surface area contributed by atoms with E-state index in [1.54, 1.807) is 0 Å². The lowest BCUT2D eigenvalue weighted by atomic mass is 10.1. The van der Waals surface area contributed by atoms with Crippen LogP contribution in [0.4, 0.5) is 0 Å². The minimum atomic E-state index is 0.533. The monoisotopic (exact) mass is 221 g/mol. The van der Waals surface area contributed by atoms with Crippen LogP contribution in [0, 0.1) is 26.7 Å². The summed E-state index contributed by atoms with van der Waals surface area (Å²) in [5.41, 5.74) is 3.76. The maximum atomic E-state index is 5.90. The van der Waals surface area contributed by atoms with Gasteiger partial charge in [0.05, 0.1) is 6.61 Å². The van der Waals surface area contributed by atoms with Gasteiger partial charge in [-0.2, -0.15) is 0 Å². The average Bonchev–Trinajstić information content (AvgIpc) is 2.16. The minimum absolute atomic E-state index is 0.533. The molecule has 16 heavy (non-hydrogen) atoms. The van der Waals surface area contributed by atoms with Crippen molar-refractivity contribution in [3.8, 4) is 5.75 Å². The summed E-state index contributed by atoms with van der Waals surface area (Å²) < 4.78 is 5.90. The predicted octanol–water partition coefficient (Wildman–Crippen LogP) is 2.85. The van der Waals surface area contributed by atoms with Crippen LogP contribution in [0.3, 0.4) is 0 Å². The van der Waals surface area contributed by atoms with Gasteiger partial charge in [0.1, 0.15) is 5.75 Å². The second-order valence-electron chi connectivity index (χ2n) is 4.70. The van der Waals surface area contributed by atoms with Crippen LogP contribution in [-0.4, -0.2) is 20.2 Å². The highest BCUT2D eigenvalue weighted by molar-refractivity contribution is 5.42. The van der Waals surface area contributed by atoms with E-state index in [0.717, 1.165) is 18.9 Å². The summed E-state index contributed by atoms with van der Waals surface area (Å²) in [7, 11) is 1.97. The summed E-state index contributed by atoms with van der Waals surface area (Å²) in [5, 5.41) is 3.16. The standard InChI is InChI=1S/C14H23NO/c1-10-6-12(3)14(13(4)7-10)16-9-11(2)8-15-5/h6-7,11,15H,8-9H2,1-5H3. The highest BCUT2D eigenvalue weighted by atomic mass is 16.5. The van der Waals surface area contributed by atoms with E-state index in [2.05, 4.69) is 45.1 Å². The summed E-state index contributed by atoms with van der Waals surface area (Å²) in [6, 6.07) is 4.34. The third kappa shape index (κ3) is 3.53. The number of aryl methyl sites for hydroxylation is 3. The summed E-state index contributed by atoms with van der Waals surface area (Å²) in [6.45, 7) is 10.3. The third-order valence-corrected chi connectivity index (χ3v) is 2.67. The molecule has 0 bridgehead atoms. The molecule has 0 aliphatic carbocycles. The van der Waals surface area contributed by atoms with E-state index in [1.807, 2.05) is 7.05 Å². The number of hydrogen-bond donors (Lipinski definition) is 1. The van der Waals surface area contributed by atoms with Crippen LogP contribution < -0.4 is 10.1 Å². The maximum absolute atomic E-state index is 5.90. The van der Waals surface area contributed by atoms with Crippen molar-refractivity contribution in [2.45, 2.75) is 27.7 Å². The molecule has 0 aromatic heterocycles. The van der Waals surface area contributed by atoms with Gasteiger partial charge in [0, 0.05) is 12.5 Å². The minimum Gasteiger partial charge on any atom is -0.493 e. The van der Waals surface area contributed by atoms with Gasteiger partial charge in [0.2, 0.25) is 0 Å². The number of hydrogen-bond acceptors (Lipinski definition) is 2. The average molecular weight is 221 g/mol. The van der Waals surface area contributed by atoms with Crippen LogP contribution >= 0.6 is 0 Å². The van der Waals surface area contributed by atoms with E-state index in [9.17, 15) is 0 Å². The van der Waals surface area contributed by atoms with Crippen molar-refractivity contribution in [2.75, 3.05) is 20.2 Å². The molecule has 1 unspecified atom stereocenters. The first-order valence-electron chi connectivity index (χ1n) is 5.89. The van der Waals surface area contributed by atoms with Crippen LogP contribution in [0.25, 0.3) is 0 Å². The number of benzene rings is 1. The van der Waals surface area contributed by atoms with Crippen molar-refractivity contribution in [1.82, 2.24) is 5.32 Å². The molecule has 90 valence electrons. The molecule has 1 aromatic rings. The molecule has 2 heteroatoms. The molecule has 0 saturated carbocycles. The van der Waals surface area contributed by atoms with Gasteiger partial charge in [-0.15, -0.1) is 0 Å². The Morgan fingerprint density at radius 2 is 1.75 bits per heavy atom. The smallest absolute Gasteiger partial charge is 0.125 e. The predicted molar refractivity (Wildman–Crippen MR) is 69.2 cm³/mol. The van der Waals surface area contributed by atoms with Crippen molar-refractivity contribution in [3.05, 3.63) is 28.8 Å². The zero-order valence-corrected chi connectivity index (χ0v) is 11.1. The molecule has 0 fully saturated rings. The van der Waals surface area contributed by atoms with E-state index >= 15 is 0 Å². The second kappa shape index (κ2) is 5.90. The highest BCUT2D eigenvalue weighted by Crippen LogP contribution is 2.24. The van der Waals surface area contributed by atoms with E-state index in [4.69, 9.17) is 4.74 Å². The first-order valence-corrected chi connectivity index (χ1v) is 5.89. The first kappa shape index (κ1) is 13.0. The fourth-order valence-corrected chi connectivity index (χ4v) is 2.03. The summed E-state index contributed by atoms with van der Waals surface area (Å²) in [4.78, 5) is 0. The van der Waals surface area contributed by atoms with Crippen LogP contribution in [0.15, 0.2) is 12.1 Å². The lowest BCUT2D eigenvalue weighted by molar-refractivity contribution is 0.255. The van der Waals surface area contributed by atoms with Gasteiger partial charge in [-0.1, -0.05) is 24.6 Å². The SMILES string of the molecule is CNCC(C)COc1c(C)cc(C)cc1C. The van der Waals surface area contributed by atoms with Crippen molar-refractivity contribution in [3.63, 3.8) is 0 Å². The summed E-state index contributed by atoms with van der Waals surface area (Å²) >= 11 is 0. The Bertz CT molecular complexity index is 324. The molecule has 0 aliphatic rings. The third-order valence-electron chi connectivity index (χ3n) is 2.67. The van der Waals surface area contributed by atoms with Gasteiger partial charge in [-0.25, -0.2) is 0 Å². The fraction of sp³-hybridized carbons (Fsp3) is 0.571. The molecule has 1 atom stereocenters. The molecule has 1 rings (SSSR count). The summed E-state index contributed by atoms with van der Waals surface area (Å²) in [5.74, 6) is 1.58. The Labute approximate surface area is 99.0 Å². The number of rotatable bonds is 5. The molecule has 1 aromatic carbocycles. The molecular weight excluding hydrogens is 198 g/mol. The lowest BCUT2D eigenvalue weighted by Gasteiger charge is -2.16. The normalized spacial score (nSPS) is 12.6. The van der Waals surface area contributed by atoms with E-state index < -0.39 is 0 Å². The Balaban J connectivity index is 2.67. The zero-order chi connectivity index (χ0) is 12.1. The molecule has 0 amide bonds. The Morgan fingerprint density at radius 1 is 1.19 bits per heavy atom. The molecule has 0 spiro atoms.